The molecule has 0 saturated heterocycles. The van der Waals surface area contributed by atoms with E-state index >= 15 is 0 Å². The molecule has 0 bridgehead atoms. The van der Waals surface area contributed by atoms with Crippen LogP contribution in [-0.2, 0) is 14.8 Å². The Hall–Kier alpha value is -1.54. The van der Waals surface area contributed by atoms with Crippen LogP contribution < -0.4 is 9.46 Å². The number of methoxy groups -OCH3 is 1. The molecule has 1 aromatic carbocycles. The Bertz CT molecular complexity index is 652. The van der Waals surface area contributed by atoms with Gasteiger partial charge in [0.15, 0.2) is 0 Å². The molecule has 0 saturated carbocycles. The van der Waals surface area contributed by atoms with E-state index in [2.05, 4.69) is 24.4 Å². The number of hydrogen-bond acceptors (Lipinski definition) is 5. The quantitative estimate of drug-likeness (QED) is 0.570. The largest absolute Gasteiger partial charge is 0.496 e. The van der Waals surface area contributed by atoms with Gasteiger partial charge in [-0.2, -0.15) is 0 Å². The van der Waals surface area contributed by atoms with Crippen molar-refractivity contribution in [3.05, 3.63) is 23.8 Å². The summed E-state index contributed by atoms with van der Waals surface area (Å²) in [6.07, 6.45) is 0. The van der Waals surface area contributed by atoms with Crippen LogP contribution in [0.3, 0.4) is 0 Å². The van der Waals surface area contributed by atoms with E-state index in [1.54, 1.807) is 6.92 Å². The zero-order chi connectivity index (χ0) is 17.7. The molecule has 0 amide bonds. The van der Waals surface area contributed by atoms with E-state index in [1.807, 2.05) is 0 Å². The molecular formula is C15H25NO5SSi. The van der Waals surface area contributed by atoms with Gasteiger partial charge in [0, 0.05) is 14.1 Å². The summed E-state index contributed by atoms with van der Waals surface area (Å²) in [5.41, 5.74) is 0.630. The molecule has 0 radical (unpaired) electrons. The van der Waals surface area contributed by atoms with Crippen molar-refractivity contribution in [2.45, 2.75) is 32.6 Å². The van der Waals surface area contributed by atoms with E-state index < -0.39 is 24.1 Å². The van der Waals surface area contributed by atoms with Crippen LogP contribution in [-0.4, -0.2) is 41.9 Å². The Labute approximate surface area is 139 Å². The van der Waals surface area contributed by atoms with Gasteiger partial charge in [-0.1, -0.05) is 19.6 Å². The fraction of sp³-hybridized carbons (Fsp3) is 0.533. The lowest BCUT2D eigenvalue weighted by Crippen LogP contribution is -2.26. The predicted octanol–water partition coefficient (Wildman–Crippen LogP) is 2.95. The van der Waals surface area contributed by atoms with Crippen molar-refractivity contribution in [2.24, 2.45) is 0 Å². The molecule has 1 aromatic rings. The first-order chi connectivity index (χ1) is 10.6. The Morgan fingerprint density at radius 2 is 1.91 bits per heavy atom. The maximum Gasteiger partial charge on any atom is 0.341 e. The summed E-state index contributed by atoms with van der Waals surface area (Å²) < 4.78 is 36.9. The monoisotopic (exact) mass is 359 g/mol. The number of anilines is 1. The van der Waals surface area contributed by atoms with Crippen molar-refractivity contribution in [3.8, 4) is 5.75 Å². The molecule has 0 atom stereocenters. The molecule has 23 heavy (non-hydrogen) atoms. The van der Waals surface area contributed by atoms with Crippen LogP contribution >= 0.6 is 0 Å². The summed E-state index contributed by atoms with van der Waals surface area (Å²) in [6.45, 7) is 8.34. The van der Waals surface area contributed by atoms with E-state index in [0.29, 0.717) is 11.7 Å². The average Bonchev–Trinajstić information content (AvgIpc) is 2.44. The SMILES string of the molecule is CCOC(=O)c1ccc(NS(=O)(=O)CC[Si](C)(C)C)cc1OC. The van der Waals surface area contributed by atoms with Crippen LogP contribution in [0.1, 0.15) is 17.3 Å². The van der Waals surface area contributed by atoms with E-state index in [4.69, 9.17) is 9.47 Å². The normalized spacial score (nSPS) is 11.9. The Balaban J connectivity index is 2.92. The third kappa shape index (κ3) is 6.62. The van der Waals surface area contributed by atoms with Crippen LogP contribution in [0, 0.1) is 0 Å². The van der Waals surface area contributed by atoms with Crippen molar-refractivity contribution in [1.29, 1.82) is 0 Å². The number of benzene rings is 1. The van der Waals surface area contributed by atoms with E-state index in [0.717, 1.165) is 0 Å². The van der Waals surface area contributed by atoms with Crippen molar-refractivity contribution in [2.75, 3.05) is 24.2 Å². The van der Waals surface area contributed by atoms with Gasteiger partial charge in [0.1, 0.15) is 11.3 Å². The first kappa shape index (κ1) is 19.5. The molecule has 6 nitrogen and oxygen atoms in total. The number of rotatable bonds is 8. The van der Waals surface area contributed by atoms with Gasteiger partial charge in [-0.15, -0.1) is 0 Å². The number of carbonyl (C=O) groups is 1. The maximum absolute atomic E-state index is 12.1. The summed E-state index contributed by atoms with van der Waals surface area (Å²) in [6, 6.07) is 5.19. The minimum absolute atomic E-state index is 0.0880. The molecule has 0 fully saturated rings. The lowest BCUT2D eigenvalue weighted by atomic mass is 10.2. The molecule has 0 aliphatic rings. The third-order valence-corrected chi connectivity index (χ3v) is 6.49. The number of carbonyl (C=O) groups excluding carboxylic acids is 1. The van der Waals surface area contributed by atoms with Crippen LogP contribution in [0.15, 0.2) is 18.2 Å². The second kappa shape index (κ2) is 7.83. The summed E-state index contributed by atoms with van der Waals surface area (Å²) in [7, 11) is -3.45. The summed E-state index contributed by atoms with van der Waals surface area (Å²) in [4.78, 5) is 11.8. The number of nitrogens with one attached hydrogen (secondary N) is 1. The first-order valence-corrected chi connectivity index (χ1v) is 12.8. The van der Waals surface area contributed by atoms with Crippen molar-refractivity contribution >= 4 is 29.8 Å². The van der Waals surface area contributed by atoms with Gasteiger partial charge in [0.25, 0.3) is 0 Å². The standard InChI is InChI=1S/C15H25NO5SSi/c1-6-21-15(17)13-8-7-12(11-14(13)20-2)16-22(18,19)9-10-23(3,4)5/h7-8,11,16H,6,9-10H2,1-5H3. The van der Waals surface area contributed by atoms with Gasteiger partial charge in [0.2, 0.25) is 10.0 Å². The minimum atomic E-state index is -3.42. The summed E-state index contributed by atoms with van der Waals surface area (Å²) in [5, 5.41) is 0. The Kier molecular flexibility index (Phi) is 6.64. The number of ether oxygens (including phenoxy) is 2. The molecule has 1 rings (SSSR count). The maximum atomic E-state index is 12.1. The van der Waals surface area contributed by atoms with Gasteiger partial charge in [-0.3, -0.25) is 4.72 Å². The topological polar surface area (TPSA) is 81.7 Å². The zero-order valence-corrected chi connectivity index (χ0v) is 16.1. The molecule has 0 aromatic heterocycles. The smallest absolute Gasteiger partial charge is 0.341 e. The lowest BCUT2D eigenvalue weighted by molar-refractivity contribution is 0.0523. The minimum Gasteiger partial charge on any atom is -0.496 e. The third-order valence-electron chi connectivity index (χ3n) is 3.09. The lowest BCUT2D eigenvalue weighted by Gasteiger charge is -2.16. The molecule has 0 aliphatic carbocycles. The van der Waals surface area contributed by atoms with Gasteiger partial charge >= 0.3 is 5.97 Å². The highest BCUT2D eigenvalue weighted by Crippen LogP contribution is 2.25. The van der Waals surface area contributed by atoms with Gasteiger partial charge < -0.3 is 9.47 Å². The van der Waals surface area contributed by atoms with Crippen LogP contribution in [0.5, 0.6) is 5.75 Å². The van der Waals surface area contributed by atoms with Gasteiger partial charge in [-0.05, 0) is 25.1 Å². The molecule has 8 heteroatoms. The van der Waals surface area contributed by atoms with Crippen LogP contribution in [0.4, 0.5) is 5.69 Å². The number of sulfonamides is 1. The van der Waals surface area contributed by atoms with Crippen molar-refractivity contribution < 1.29 is 22.7 Å². The zero-order valence-electron chi connectivity index (χ0n) is 14.3. The van der Waals surface area contributed by atoms with Gasteiger partial charge in [-0.25, -0.2) is 13.2 Å². The van der Waals surface area contributed by atoms with Crippen molar-refractivity contribution in [3.63, 3.8) is 0 Å². The van der Waals surface area contributed by atoms with Crippen LogP contribution in [0.25, 0.3) is 0 Å². The van der Waals surface area contributed by atoms with Gasteiger partial charge in [0.05, 0.1) is 25.2 Å². The second-order valence-corrected chi connectivity index (χ2v) is 13.8. The average molecular weight is 360 g/mol. The van der Waals surface area contributed by atoms with E-state index in [1.165, 1.54) is 25.3 Å². The molecule has 0 unspecified atom stereocenters. The second-order valence-electron chi connectivity index (χ2n) is 6.37. The predicted molar refractivity (Wildman–Crippen MR) is 94.5 cm³/mol. The molecule has 0 heterocycles. The fourth-order valence-electron chi connectivity index (χ4n) is 1.80. The molecule has 1 N–H and O–H groups in total. The highest BCUT2D eigenvalue weighted by atomic mass is 32.2. The molecule has 0 aliphatic heterocycles. The highest BCUT2D eigenvalue weighted by molar-refractivity contribution is 7.92. The Morgan fingerprint density at radius 3 is 2.43 bits per heavy atom. The van der Waals surface area contributed by atoms with E-state index in [9.17, 15) is 13.2 Å². The van der Waals surface area contributed by atoms with Crippen molar-refractivity contribution in [1.82, 2.24) is 0 Å². The van der Waals surface area contributed by atoms with Crippen LogP contribution in [0.2, 0.25) is 25.7 Å². The first-order valence-electron chi connectivity index (χ1n) is 7.43. The van der Waals surface area contributed by atoms with E-state index in [-0.39, 0.29) is 23.7 Å². The molecule has 130 valence electrons. The Morgan fingerprint density at radius 1 is 1.26 bits per heavy atom. The fourth-order valence-corrected chi connectivity index (χ4v) is 5.92. The summed E-state index contributed by atoms with van der Waals surface area (Å²) >= 11 is 0. The summed E-state index contributed by atoms with van der Waals surface area (Å²) in [5.74, 6) is -0.142. The number of hydrogen-bond donors (Lipinski definition) is 1. The molecule has 0 spiro atoms. The highest BCUT2D eigenvalue weighted by Gasteiger charge is 2.20. The molecular weight excluding hydrogens is 334 g/mol. The number of esters is 1.